The van der Waals surface area contributed by atoms with Crippen LogP contribution in [0.5, 0.6) is 0 Å². The molecule has 0 aromatic heterocycles. The standard InChI is InChI=1S/C18H38N2/c1-4-5-6-9-12-15-18(2,16-19)20(3)17-13-10-7-8-11-14-17/h17H,4-16,19H2,1-3H3. The smallest absolute Gasteiger partial charge is 0.0303 e. The zero-order chi connectivity index (χ0) is 14.8. The molecule has 2 heteroatoms. The molecule has 1 rings (SSSR count). The molecule has 1 atom stereocenters. The predicted octanol–water partition coefficient (Wildman–Crippen LogP) is 4.72. The molecule has 0 aliphatic heterocycles. The van der Waals surface area contributed by atoms with E-state index in [2.05, 4.69) is 25.8 Å². The number of likely N-dealkylation sites (N-methyl/N-ethyl adjacent to an activating group) is 1. The van der Waals surface area contributed by atoms with Crippen LogP contribution in [0.1, 0.15) is 90.9 Å². The Morgan fingerprint density at radius 1 is 1.00 bits per heavy atom. The second-order valence-corrected chi connectivity index (χ2v) is 7.12. The number of hydrogen-bond donors (Lipinski definition) is 1. The van der Waals surface area contributed by atoms with Crippen LogP contribution in [-0.2, 0) is 0 Å². The van der Waals surface area contributed by atoms with Gasteiger partial charge in [-0.05, 0) is 33.2 Å². The van der Waals surface area contributed by atoms with Gasteiger partial charge in [0.15, 0.2) is 0 Å². The van der Waals surface area contributed by atoms with Crippen molar-refractivity contribution in [2.75, 3.05) is 13.6 Å². The van der Waals surface area contributed by atoms with Crippen LogP contribution < -0.4 is 5.73 Å². The van der Waals surface area contributed by atoms with Gasteiger partial charge in [-0.15, -0.1) is 0 Å². The molecular weight excluding hydrogens is 244 g/mol. The molecule has 1 fully saturated rings. The van der Waals surface area contributed by atoms with Crippen LogP contribution in [0.3, 0.4) is 0 Å². The van der Waals surface area contributed by atoms with Gasteiger partial charge in [-0.25, -0.2) is 0 Å². The van der Waals surface area contributed by atoms with Crippen LogP contribution in [-0.4, -0.2) is 30.1 Å². The van der Waals surface area contributed by atoms with E-state index < -0.39 is 0 Å². The molecule has 2 N–H and O–H groups in total. The van der Waals surface area contributed by atoms with Gasteiger partial charge < -0.3 is 5.73 Å². The first kappa shape index (κ1) is 18.0. The highest BCUT2D eigenvalue weighted by atomic mass is 15.2. The number of nitrogens with two attached hydrogens (primary N) is 1. The fourth-order valence-corrected chi connectivity index (χ4v) is 3.62. The summed E-state index contributed by atoms with van der Waals surface area (Å²) in [5.74, 6) is 0. The van der Waals surface area contributed by atoms with Gasteiger partial charge in [-0.1, -0.05) is 64.7 Å². The van der Waals surface area contributed by atoms with Crippen molar-refractivity contribution in [2.24, 2.45) is 5.73 Å². The highest BCUT2D eigenvalue weighted by molar-refractivity contribution is 4.90. The minimum absolute atomic E-state index is 0.210. The van der Waals surface area contributed by atoms with Crippen LogP contribution in [0.4, 0.5) is 0 Å². The van der Waals surface area contributed by atoms with Crippen molar-refractivity contribution in [3.63, 3.8) is 0 Å². The quantitative estimate of drug-likeness (QED) is 0.490. The lowest BCUT2D eigenvalue weighted by Crippen LogP contribution is -2.53. The maximum absolute atomic E-state index is 6.15. The van der Waals surface area contributed by atoms with E-state index in [0.717, 1.165) is 12.6 Å². The average Bonchev–Trinajstić information content (AvgIpc) is 2.75. The molecular formula is C18H38N2. The van der Waals surface area contributed by atoms with Gasteiger partial charge in [0.1, 0.15) is 0 Å². The summed E-state index contributed by atoms with van der Waals surface area (Å²) in [6.45, 7) is 5.47. The lowest BCUT2D eigenvalue weighted by molar-refractivity contribution is 0.0731. The first-order chi connectivity index (χ1) is 9.64. The zero-order valence-corrected chi connectivity index (χ0v) is 14.3. The summed E-state index contributed by atoms with van der Waals surface area (Å²) in [6, 6.07) is 0.765. The molecule has 0 spiro atoms. The third-order valence-corrected chi connectivity index (χ3v) is 5.48. The summed E-state index contributed by atoms with van der Waals surface area (Å²) < 4.78 is 0. The Morgan fingerprint density at radius 3 is 2.15 bits per heavy atom. The molecule has 0 aromatic rings. The highest BCUT2D eigenvalue weighted by Crippen LogP contribution is 2.29. The number of hydrogen-bond acceptors (Lipinski definition) is 2. The van der Waals surface area contributed by atoms with Crippen molar-refractivity contribution < 1.29 is 0 Å². The number of nitrogens with zero attached hydrogens (tertiary/aromatic N) is 1. The largest absolute Gasteiger partial charge is 0.329 e. The molecule has 0 bridgehead atoms. The summed E-state index contributed by atoms with van der Waals surface area (Å²) in [5.41, 5.74) is 6.36. The maximum atomic E-state index is 6.15. The minimum atomic E-state index is 0.210. The molecule has 0 aromatic carbocycles. The van der Waals surface area contributed by atoms with Crippen LogP contribution in [0, 0.1) is 0 Å². The van der Waals surface area contributed by atoms with E-state index in [9.17, 15) is 0 Å². The number of unbranched alkanes of at least 4 members (excludes halogenated alkanes) is 4. The third-order valence-electron chi connectivity index (χ3n) is 5.48. The molecule has 120 valence electrons. The molecule has 1 aliphatic carbocycles. The van der Waals surface area contributed by atoms with Crippen molar-refractivity contribution in [1.29, 1.82) is 0 Å². The minimum Gasteiger partial charge on any atom is -0.329 e. The summed E-state index contributed by atoms with van der Waals surface area (Å²) in [7, 11) is 2.33. The van der Waals surface area contributed by atoms with Gasteiger partial charge in [0, 0.05) is 18.1 Å². The van der Waals surface area contributed by atoms with E-state index >= 15 is 0 Å². The Balaban J connectivity index is 2.43. The monoisotopic (exact) mass is 282 g/mol. The topological polar surface area (TPSA) is 29.3 Å². The van der Waals surface area contributed by atoms with Crippen molar-refractivity contribution in [2.45, 2.75) is 102 Å². The molecule has 0 saturated heterocycles. The van der Waals surface area contributed by atoms with E-state index in [1.165, 1.54) is 77.0 Å². The van der Waals surface area contributed by atoms with E-state index in [-0.39, 0.29) is 5.54 Å². The Morgan fingerprint density at radius 2 is 1.60 bits per heavy atom. The van der Waals surface area contributed by atoms with Crippen LogP contribution in [0.25, 0.3) is 0 Å². The molecule has 20 heavy (non-hydrogen) atoms. The van der Waals surface area contributed by atoms with Gasteiger partial charge >= 0.3 is 0 Å². The molecule has 1 saturated carbocycles. The predicted molar refractivity (Wildman–Crippen MR) is 90.1 cm³/mol. The SMILES string of the molecule is CCCCCCCC(C)(CN)N(C)C1CCCCCC1. The van der Waals surface area contributed by atoms with Crippen molar-refractivity contribution in [3.05, 3.63) is 0 Å². The van der Waals surface area contributed by atoms with Gasteiger partial charge in [0.25, 0.3) is 0 Å². The van der Waals surface area contributed by atoms with E-state index in [4.69, 9.17) is 5.73 Å². The zero-order valence-electron chi connectivity index (χ0n) is 14.3. The fraction of sp³-hybridized carbons (Fsp3) is 1.00. The number of rotatable bonds is 9. The summed E-state index contributed by atoms with van der Waals surface area (Å²) in [4.78, 5) is 2.64. The lowest BCUT2D eigenvalue weighted by Gasteiger charge is -2.43. The Hall–Kier alpha value is -0.0800. The first-order valence-electron chi connectivity index (χ1n) is 9.07. The molecule has 0 radical (unpaired) electrons. The van der Waals surface area contributed by atoms with E-state index in [1.54, 1.807) is 0 Å². The molecule has 0 amide bonds. The summed E-state index contributed by atoms with van der Waals surface area (Å²) in [6.07, 6.45) is 16.5. The molecule has 0 heterocycles. The summed E-state index contributed by atoms with van der Waals surface area (Å²) >= 11 is 0. The third kappa shape index (κ3) is 5.73. The molecule has 1 unspecified atom stereocenters. The highest BCUT2D eigenvalue weighted by Gasteiger charge is 2.32. The van der Waals surface area contributed by atoms with Crippen LogP contribution in [0.2, 0.25) is 0 Å². The van der Waals surface area contributed by atoms with Crippen molar-refractivity contribution in [1.82, 2.24) is 4.90 Å². The second kappa shape index (κ2) is 9.78. The normalized spacial score (nSPS) is 20.9. The van der Waals surface area contributed by atoms with E-state index in [0.29, 0.717) is 0 Å². The van der Waals surface area contributed by atoms with E-state index in [1.807, 2.05) is 0 Å². The van der Waals surface area contributed by atoms with Crippen molar-refractivity contribution >= 4 is 0 Å². The summed E-state index contributed by atoms with van der Waals surface area (Å²) in [5, 5.41) is 0. The van der Waals surface area contributed by atoms with Gasteiger partial charge in [0.05, 0.1) is 0 Å². The molecule has 2 nitrogen and oxygen atoms in total. The van der Waals surface area contributed by atoms with Crippen molar-refractivity contribution in [3.8, 4) is 0 Å². The molecule has 1 aliphatic rings. The van der Waals surface area contributed by atoms with Crippen LogP contribution in [0.15, 0.2) is 0 Å². The first-order valence-corrected chi connectivity index (χ1v) is 9.07. The van der Waals surface area contributed by atoms with Crippen LogP contribution >= 0.6 is 0 Å². The average molecular weight is 283 g/mol. The van der Waals surface area contributed by atoms with Gasteiger partial charge in [0.2, 0.25) is 0 Å². The van der Waals surface area contributed by atoms with Gasteiger partial charge in [-0.3, -0.25) is 4.90 Å². The van der Waals surface area contributed by atoms with Gasteiger partial charge in [-0.2, -0.15) is 0 Å². The Labute approximate surface area is 127 Å². The Bertz CT molecular complexity index is 234. The second-order valence-electron chi connectivity index (χ2n) is 7.12. The fourth-order valence-electron chi connectivity index (χ4n) is 3.62. The maximum Gasteiger partial charge on any atom is 0.0303 e. The Kier molecular flexibility index (Phi) is 8.79. The lowest BCUT2D eigenvalue weighted by atomic mass is 9.89.